The first-order valence-electron chi connectivity index (χ1n) is 13.1. The van der Waals surface area contributed by atoms with Gasteiger partial charge in [-0.1, -0.05) is 0 Å². The van der Waals surface area contributed by atoms with Crippen molar-refractivity contribution >= 4 is 27.9 Å². The Morgan fingerprint density at radius 1 is 1.03 bits per heavy atom. The van der Waals surface area contributed by atoms with E-state index in [0.717, 1.165) is 43.2 Å². The molecule has 2 heterocycles. The van der Waals surface area contributed by atoms with Crippen LogP contribution < -0.4 is 9.47 Å². The van der Waals surface area contributed by atoms with Gasteiger partial charge in [0.25, 0.3) is 0 Å². The Morgan fingerprint density at radius 2 is 1.74 bits per heavy atom. The van der Waals surface area contributed by atoms with Crippen molar-refractivity contribution in [3.8, 4) is 11.6 Å². The van der Waals surface area contributed by atoms with Crippen molar-refractivity contribution in [2.24, 2.45) is 0 Å². The number of nitrogens with zero attached hydrogens (tertiary/aromatic N) is 2. The van der Waals surface area contributed by atoms with Crippen molar-refractivity contribution in [3.05, 3.63) is 52.1 Å². The topological polar surface area (TPSA) is 96.4 Å². The number of alkyl halides is 1. The Bertz CT molecular complexity index is 1110. The van der Waals surface area contributed by atoms with E-state index in [-0.39, 0.29) is 41.8 Å². The third-order valence-electron chi connectivity index (χ3n) is 6.95. The molecule has 0 spiro atoms. The molecule has 1 aromatic heterocycles. The van der Waals surface area contributed by atoms with Crippen LogP contribution in [-0.2, 0) is 14.2 Å². The summed E-state index contributed by atoms with van der Waals surface area (Å²) in [6, 6.07) is 8.04. The highest BCUT2D eigenvalue weighted by molar-refractivity contribution is 9.10. The number of halogens is 2. The molecule has 2 aromatic rings. The quantitative estimate of drug-likeness (QED) is 0.320. The Labute approximate surface area is 236 Å². The minimum absolute atomic E-state index is 0.00824. The van der Waals surface area contributed by atoms with Gasteiger partial charge in [0.2, 0.25) is 5.88 Å². The van der Waals surface area contributed by atoms with E-state index < -0.39 is 18.1 Å². The van der Waals surface area contributed by atoms with Gasteiger partial charge in [0, 0.05) is 49.2 Å². The zero-order valence-electron chi connectivity index (χ0n) is 22.1. The van der Waals surface area contributed by atoms with E-state index in [2.05, 4.69) is 25.8 Å². The second-order valence-corrected chi connectivity index (χ2v) is 10.6. The van der Waals surface area contributed by atoms with Crippen molar-refractivity contribution in [2.45, 2.75) is 56.6 Å². The number of likely N-dealkylation sites (tertiary alicyclic amines) is 1. The molecular weight excluding hydrogens is 575 g/mol. The lowest BCUT2D eigenvalue weighted by Gasteiger charge is -2.39. The van der Waals surface area contributed by atoms with Crippen LogP contribution in [0.5, 0.6) is 11.6 Å². The lowest BCUT2D eigenvalue weighted by Crippen LogP contribution is -2.45. The maximum absolute atomic E-state index is 14.6. The normalized spacial score (nSPS) is 20.5. The molecular formula is C28H34BrFN2O7. The lowest BCUT2D eigenvalue weighted by atomic mass is 9.91. The number of piperidine rings is 1. The monoisotopic (exact) mass is 608 g/mol. The number of rotatable bonds is 12. The molecule has 11 heteroatoms. The number of aromatic nitrogens is 1. The van der Waals surface area contributed by atoms with Crippen LogP contribution in [-0.4, -0.2) is 86.8 Å². The summed E-state index contributed by atoms with van der Waals surface area (Å²) in [7, 11) is 2.44. The van der Waals surface area contributed by atoms with Crippen LogP contribution >= 0.6 is 15.9 Å². The molecule has 0 radical (unpaired) electrons. The van der Waals surface area contributed by atoms with Crippen LogP contribution in [0.2, 0.25) is 0 Å². The molecule has 0 amide bonds. The third-order valence-corrected chi connectivity index (χ3v) is 7.42. The van der Waals surface area contributed by atoms with Crippen molar-refractivity contribution in [1.29, 1.82) is 0 Å². The Hall–Kier alpha value is -2.76. The number of pyridine rings is 1. The minimum Gasteiger partial charge on any atom is -0.491 e. The number of carbonyl (C=O) groups is 2. The summed E-state index contributed by atoms with van der Waals surface area (Å²) in [6.45, 7) is 2.21. The maximum Gasteiger partial charge on any atom is 0.338 e. The molecule has 212 valence electrons. The molecule has 0 N–H and O–H groups in total. The highest BCUT2D eigenvalue weighted by Crippen LogP contribution is 2.30. The molecule has 1 aliphatic carbocycles. The molecule has 4 rings (SSSR count). The molecule has 39 heavy (non-hydrogen) atoms. The predicted molar refractivity (Wildman–Crippen MR) is 144 cm³/mol. The van der Waals surface area contributed by atoms with Crippen LogP contribution in [0, 0.1) is 0 Å². The van der Waals surface area contributed by atoms with E-state index in [1.165, 1.54) is 32.4 Å². The van der Waals surface area contributed by atoms with Crippen LogP contribution in [0.15, 0.2) is 41.0 Å². The number of esters is 2. The van der Waals surface area contributed by atoms with Crippen molar-refractivity contribution < 1.29 is 37.7 Å². The molecule has 9 nitrogen and oxygen atoms in total. The largest absolute Gasteiger partial charge is 0.491 e. The summed E-state index contributed by atoms with van der Waals surface area (Å²) in [6.07, 6.45) is 5.05. The maximum atomic E-state index is 14.6. The molecule has 2 fully saturated rings. The molecule has 1 unspecified atom stereocenters. The van der Waals surface area contributed by atoms with E-state index in [1.807, 2.05) is 12.1 Å². The van der Waals surface area contributed by atoms with Gasteiger partial charge in [-0.25, -0.2) is 19.0 Å². The van der Waals surface area contributed by atoms with E-state index in [4.69, 9.17) is 23.7 Å². The number of benzene rings is 1. The van der Waals surface area contributed by atoms with Crippen LogP contribution in [0.25, 0.3) is 0 Å². The molecule has 1 aromatic carbocycles. The number of ether oxygens (including phenoxy) is 5. The second-order valence-electron chi connectivity index (χ2n) is 9.71. The first kappa shape index (κ1) is 29.2. The van der Waals surface area contributed by atoms with Crippen LogP contribution in [0.1, 0.15) is 52.8 Å². The SMILES string of the molecule is COC(=O)c1ccc(OCC(F)CCN2CCC(OC3CC(Oc4ccc(Br)cn4)C3)CC2)cc1C(=O)OC. The van der Waals surface area contributed by atoms with Gasteiger partial charge in [0.15, 0.2) is 0 Å². The van der Waals surface area contributed by atoms with Gasteiger partial charge in [-0.15, -0.1) is 0 Å². The van der Waals surface area contributed by atoms with E-state index >= 15 is 0 Å². The van der Waals surface area contributed by atoms with E-state index in [0.29, 0.717) is 18.8 Å². The molecule has 1 saturated heterocycles. The van der Waals surface area contributed by atoms with Gasteiger partial charge in [-0.3, -0.25) is 0 Å². The predicted octanol–water partition coefficient (Wildman–Crippen LogP) is 4.62. The van der Waals surface area contributed by atoms with Gasteiger partial charge in [-0.05, 0) is 59.5 Å². The summed E-state index contributed by atoms with van der Waals surface area (Å²) in [5.74, 6) is -0.456. The smallest absolute Gasteiger partial charge is 0.338 e. The number of hydrogen-bond acceptors (Lipinski definition) is 9. The number of carbonyl (C=O) groups excluding carboxylic acids is 2. The first-order chi connectivity index (χ1) is 18.8. The Kier molecular flexibility index (Phi) is 10.5. The summed E-state index contributed by atoms with van der Waals surface area (Å²) in [5, 5.41) is 0. The van der Waals surface area contributed by atoms with Gasteiger partial charge < -0.3 is 28.6 Å². The van der Waals surface area contributed by atoms with Crippen molar-refractivity contribution in [2.75, 3.05) is 40.5 Å². The zero-order valence-corrected chi connectivity index (χ0v) is 23.7. The highest BCUT2D eigenvalue weighted by atomic mass is 79.9. The fourth-order valence-corrected chi connectivity index (χ4v) is 4.88. The summed E-state index contributed by atoms with van der Waals surface area (Å²) < 4.78 is 42.6. The average molecular weight is 609 g/mol. The molecule has 1 saturated carbocycles. The minimum atomic E-state index is -1.17. The van der Waals surface area contributed by atoms with Crippen LogP contribution in [0.3, 0.4) is 0 Å². The fourth-order valence-electron chi connectivity index (χ4n) is 4.64. The summed E-state index contributed by atoms with van der Waals surface area (Å²) >= 11 is 3.37. The molecule has 1 atom stereocenters. The average Bonchev–Trinajstić information content (AvgIpc) is 2.94. The second kappa shape index (κ2) is 14.0. The fraction of sp³-hybridized carbons (Fsp3) is 0.536. The van der Waals surface area contributed by atoms with Gasteiger partial charge in [0.05, 0.1) is 37.6 Å². The standard InChI is InChI=1S/C28H34BrFN2O7/c1-35-27(33)24-5-4-21(15-25(24)28(34)36-2)37-17-19(30)7-10-32-11-8-20(9-12-32)38-22-13-23(14-22)39-26-6-3-18(29)16-31-26/h3-6,15-16,19-20,22-23H,7-14,17H2,1-2H3. The lowest BCUT2D eigenvalue weighted by molar-refractivity contribution is -0.111. The Balaban J connectivity index is 1.11. The first-order valence-corrected chi connectivity index (χ1v) is 13.9. The Morgan fingerprint density at radius 3 is 2.41 bits per heavy atom. The molecule has 1 aliphatic heterocycles. The number of hydrogen-bond donors (Lipinski definition) is 0. The van der Waals surface area contributed by atoms with Crippen molar-refractivity contribution in [1.82, 2.24) is 9.88 Å². The van der Waals surface area contributed by atoms with Gasteiger partial charge >= 0.3 is 11.9 Å². The van der Waals surface area contributed by atoms with Crippen molar-refractivity contribution in [3.63, 3.8) is 0 Å². The zero-order chi connectivity index (χ0) is 27.8. The summed E-state index contributed by atoms with van der Waals surface area (Å²) in [5.41, 5.74) is 0.0678. The van der Waals surface area contributed by atoms with E-state index in [9.17, 15) is 14.0 Å². The summed E-state index contributed by atoms with van der Waals surface area (Å²) in [4.78, 5) is 30.4. The number of methoxy groups -OCH3 is 2. The van der Waals surface area contributed by atoms with E-state index in [1.54, 1.807) is 6.20 Å². The molecule has 2 aliphatic rings. The molecule has 0 bridgehead atoms. The van der Waals surface area contributed by atoms with Gasteiger partial charge in [0.1, 0.15) is 24.6 Å². The van der Waals surface area contributed by atoms with Gasteiger partial charge in [-0.2, -0.15) is 0 Å². The highest BCUT2D eigenvalue weighted by Gasteiger charge is 2.34. The van der Waals surface area contributed by atoms with Crippen LogP contribution in [0.4, 0.5) is 4.39 Å². The third kappa shape index (κ3) is 8.36.